The molecule has 14 heavy (non-hydrogen) atoms. The molecular formula is C11H24N2O. The molecule has 1 heterocycles. The van der Waals surface area contributed by atoms with Crippen LogP contribution >= 0.6 is 0 Å². The summed E-state index contributed by atoms with van der Waals surface area (Å²) in [5.74, 6) is 0. The first kappa shape index (κ1) is 12.0. The highest BCUT2D eigenvalue weighted by molar-refractivity contribution is 4.76. The van der Waals surface area contributed by atoms with Crippen LogP contribution in [-0.2, 0) is 4.74 Å². The molecule has 3 nitrogen and oxygen atoms in total. The normalized spacial score (nSPS) is 22.9. The smallest absolute Gasteiger partial charge is 0.0478 e. The van der Waals surface area contributed by atoms with Gasteiger partial charge in [0.05, 0.1) is 0 Å². The Balaban J connectivity index is 2.04. The molecule has 1 aliphatic heterocycles. The SMILES string of the molecule is CCOCCCN(C)C1CCCNC1. The van der Waals surface area contributed by atoms with E-state index >= 15 is 0 Å². The van der Waals surface area contributed by atoms with E-state index in [9.17, 15) is 0 Å². The molecular weight excluding hydrogens is 176 g/mol. The standard InChI is InChI=1S/C11H24N2O/c1-3-14-9-5-8-13(2)11-6-4-7-12-10-11/h11-12H,3-10H2,1-2H3. The molecule has 0 aromatic carbocycles. The highest BCUT2D eigenvalue weighted by Crippen LogP contribution is 2.08. The van der Waals surface area contributed by atoms with Gasteiger partial charge in [-0.05, 0) is 39.8 Å². The predicted molar refractivity (Wildman–Crippen MR) is 59.6 cm³/mol. The van der Waals surface area contributed by atoms with Gasteiger partial charge in [-0.2, -0.15) is 0 Å². The second-order valence-corrected chi connectivity index (χ2v) is 4.03. The summed E-state index contributed by atoms with van der Waals surface area (Å²) in [6.45, 7) is 7.31. The zero-order valence-corrected chi connectivity index (χ0v) is 9.59. The van der Waals surface area contributed by atoms with Crippen LogP contribution in [0.2, 0.25) is 0 Å². The van der Waals surface area contributed by atoms with Gasteiger partial charge in [0.1, 0.15) is 0 Å². The second-order valence-electron chi connectivity index (χ2n) is 4.03. The van der Waals surface area contributed by atoms with Crippen LogP contribution in [-0.4, -0.2) is 50.8 Å². The van der Waals surface area contributed by atoms with Gasteiger partial charge in [-0.1, -0.05) is 0 Å². The molecule has 0 bridgehead atoms. The predicted octanol–water partition coefficient (Wildman–Crippen LogP) is 1.10. The molecule has 0 spiro atoms. The fourth-order valence-corrected chi connectivity index (χ4v) is 1.95. The summed E-state index contributed by atoms with van der Waals surface area (Å²) < 4.78 is 5.33. The Labute approximate surface area is 87.8 Å². The number of nitrogens with one attached hydrogen (secondary N) is 1. The molecule has 1 rings (SSSR count). The molecule has 1 unspecified atom stereocenters. The highest BCUT2D eigenvalue weighted by atomic mass is 16.5. The molecule has 0 aromatic rings. The Bertz CT molecular complexity index is 135. The minimum Gasteiger partial charge on any atom is -0.382 e. The Kier molecular flexibility index (Phi) is 6.15. The summed E-state index contributed by atoms with van der Waals surface area (Å²) in [7, 11) is 2.23. The van der Waals surface area contributed by atoms with Gasteiger partial charge in [-0.3, -0.25) is 0 Å². The van der Waals surface area contributed by atoms with Crippen LogP contribution in [0.1, 0.15) is 26.2 Å². The fourth-order valence-electron chi connectivity index (χ4n) is 1.95. The number of nitrogens with zero attached hydrogens (tertiary/aromatic N) is 1. The van der Waals surface area contributed by atoms with Gasteiger partial charge >= 0.3 is 0 Å². The number of ether oxygens (including phenoxy) is 1. The zero-order valence-electron chi connectivity index (χ0n) is 9.59. The molecule has 0 radical (unpaired) electrons. The number of likely N-dealkylation sites (N-methyl/N-ethyl adjacent to an activating group) is 1. The maximum absolute atomic E-state index is 5.33. The van der Waals surface area contributed by atoms with Crippen LogP contribution in [0.5, 0.6) is 0 Å². The third kappa shape index (κ3) is 4.40. The molecule has 3 heteroatoms. The first-order valence-electron chi connectivity index (χ1n) is 5.83. The van der Waals surface area contributed by atoms with Crippen molar-refractivity contribution in [3.63, 3.8) is 0 Å². The molecule has 84 valence electrons. The van der Waals surface area contributed by atoms with Crippen molar-refractivity contribution in [2.75, 3.05) is 39.9 Å². The second kappa shape index (κ2) is 7.21. The van der Waals surface area contributed by atoms with E-state index < -0.39 is 0 Å². The number of hydrogen-bond acceptors (Lipinski definition) is 3. The third-order valence-corrected chi connectivity index (χ3v) is 2.90. The van der Waals surface area contributed by atoms with Crippen LogP contribution in [0.25, 0.3) is 0 Å². The average molecular weight is 200 g/mol. The largest absolute Gasteiger partial charge is 0.382 e. The van der Waals surface area contributed by atoms with Gasteiger partial charge in [0, 0.05) is 32.3 Å². The molecule has 1 atom stereocenters. The Hall–Kier alpha value is -0.120. The molecule has 0 aliphatic carbocycles. The lowest BCUT2D eigenvalue weighted by Crippen LogP contribution is -2.44. The van der Waals surface area contributed by atoms with E-state index in [1.54, 1.807) is 0 Å². The van der Waals surface area contributed by atoms with Crippen LogP contribution in [0.15, 0.2) is 0 Å². The van der Waals surface area contributed by atoms with E-state index in [2.05, 4.69) is 24.2 Å². The van der Waals surface area contributed by atoms with Gasteiger partial charge in [0.2, 0.25) is 0 Å². The zero-order chi connectivity index (χ0) is 10.2. The molecule has 0 saturated carbocycles. The van der Waals surface area contributed by atoms with Gasteiger partial charge in [0.15, 0.2) is 0 Å². The van der Waals surface area contributed by atoms with E-state index in [4.69, 9.17) is 4.74 Å². The molecule has 1 fully saturated rings. The topological polar surface area (TPSA) is 24.5 Å². The minimum absolute atomic E-state index is 0.741. The molecule has 0 amide bonds. The maximum Gasteiger partial charge on any atom is 0.0478 e. The minimum atomic E-state index is 0.741. The fraction of sp³-hybridized carbons (Fsp3) is 1.00. The molecule has 0 aromatic heterocycles. The lowest BCUT2D eigenvalue weighted by Gasteiger charge is -2.31. The summed E-state index contributed by atoms with van der Waals surface area (Å²) in [4.78, 5) is 2.46. The van der Waals surface area contributed by atoms with Gasteiger partial charge in [-0.25, -0.2) is 0 Å². The molecule has 1 saturated heterocycles. The van der Waals surface area contributed by atoms with Crippen molar-refractivity contribution in [3.05, 3.63) is 0 Å². The van der Waals surface area contributed by atoms with Crippen LogP contribution in [0.4, 0.5) is 0 Å². The van der Waals surface area contributed by atoms with Crippen molar-refractivity contribution in [3.8, 4) is 0 Å². The monoisotopic (exact) mass is 200 g/mol. The van der Waals surface area contributed by atoms with Crippen molar-refractivity contribution in [2.24, 2.45) is 0 Å². The van der Waals surface area contributed by atoms with E-state index in [0.29, 0.717) is 0 Å². The number of piperidine rings is 1. The van der Waals surface area contributed by atoms with Crippen LogP contribution in [0.3, 0.4) is 0 Å². The molecule has 1 N–H and O–H groups in total. The van der Waals surface area contributed by atoms with Gasteiger partial charge in [-0.15, -0.1) is 0 Å². The van der Waals surface area contributed by atoms with E-state index in [-0.39, 0.29) is 0 Å². The van der Waals surface area contributed by atoms with E-state index in [1.807, 2.05) is 0 Å². The summed E-state index contributed by atoms with van der Waals surface area (Å²) in [5.41, 5.74) is 0. The first-order valence-corrected chi connectivity index (χ1v) is 5.83. The van der Waals surface area contributed by atoms with Crippen LogP contribution in [0, 0.1) is 0 Å². The average Bonchev–Trinajstić information content (AvgIpc) is 2.25. The van der Waals surface area contributed by atoms with Gasteiger partial charge in [0.25, 0.3) is 0 Å². The van der Waals surface area contributed by atoms with Gasteiger partial charge < -0.3 is 15.0 Å². The molecule has 1 aliphatic rings. The van der Waals surface area contributed by atoms with Crippen molar-refractivity contribution < 1.29 is 4.74 Å². The maximum atomic E-state index is 5.33. The Morgan fingerprint density at radius 2 is 2.36 bits per heavy atom. The highest BCUT2D eigenvalue weighted by Gasteiger charge is 2.16. The Morgan fingerprint density at radius 3 is 3.00 bits per heavy atom. The Morgan fingerprint density at radius 1 is 1.50 bits per heavy atom. The first-order chi connectivity index (χ1) is 6.84. The lowest BCUT2D eigenvalue weighted by molar-refractivity contribution is 0.124. The summed E-state index contributed by atoms with van der Waals surface area (Å²) in [6, 6.07) is 0.741. The van der Waals surface area contributed by atoms with Crippen molar-refractivity contribution in [1.82, 2.24) is 10.2 Å². The summed E-state index contributed by atoms with van der Waals surface area (Å²) in [5, 5.41) is 3.44. The van der Waals surface area contributed by atoms with Crippen molar-refractivity contribution in [2.45, 2.75) is 32.2 Å². The summed E-state index contributed by atoms with van der Waals surface area (Å²) in [6.07, 6.45) is 3.82. The van der Waals surface area contributed by atoms with E-state index in [0.717, 1.165) is 38.8 Å². The van der Waals surface area contributed by atoms with Crippen molar-refractivity contribution in [1.29, 1.82) is 0 Å². The van der Waals surface area contributed by atoms with Crippen LogP contribution < -0.4 is 5.32 Å². The quantitative estimate of drug-likeness (QED) is 0.650. The number of hydrogen-bond donors (Lipinski definition) is 1. The summed E-state index contributed by atoms with van der Waals surface area (Å²) >= 11 is 0. The number of rotatable bonds is 6. The lowest BCUT2D eigenvalue weighted by atomic mass is 10.1. The third-order valence-electron chi connectivity index (χ3n) is 2.90. The van der Waals surface area contributed by atoms with Crippen molar-refractivity contribution >= 4 is 0 Å². The van der Waals surface area contributed by atoms with E-state index in [1.165, 1.54) is 19.4 Å².